The molecule has 2 fully saturated rings. The Morgan fingerprint density at radius 3 is 2.80 bits per heavy atom. The van der Waals surface area contributed by atoms with Crippen molar-refractivity contribution in [2.45, 2.75) is 24.6 Å². The van der Waals surface area contributed by atoms with Crippen LogP contribution in [-0.4, -0.2) is 41.4 Å². The molecule has 58 valence electrons. The second-order valence-corrected chi connectivity index (χ2v) is 3.38. The van der Waals surface area contributed by atoms with Crippen LogP contribution in [0.1, 0.15) is 12.8 Å². The summed E-state index contributed by atoms with van der Waals surface area (Å²) in [6, 6.07) is 0. The van der Waals surface area contributed by atoms with Crippen LogP contribution >= 0.6 is 0 Å². The van der Waals surface area contributed by atoms with Gasteiger partial charge in [-0.1, -0.05) is 0 Å². The predicted molar refractivity (Wildman–Crippen MR) is 35.5 cm³/mol. The smallest absolute Gasteiger partial charge is 0.115 e. The second-order valence-electron chi connectivity index (χ2n) is 3.38. The van der Waals surface area contributed by atoms with E-state index in [1.165, 1.54) is 0 Å². The van der Waals surface area contributed by atoms with Crippen molar-refractivity contribution in [1.29, 1.82) is 0 Å². The van der Waals surface area contributed by atoms with Gasteiger partial charge in [-0.15, -0.1) is 0 Å². The zero-order chi connectivity index (χ0) is 7.19. The van der Waals surface area contributed by atoms with Gasteiger partial charge in [0.25, 0.3) is 0 Å². The number of fused-ring (bicyclic) bond motifs is 1. The Hall–Kier alpha value is -0.150. The summed E-state index contributed by atoms with van der Waals surface area (Å²) < 4.78 is 12.7. The third-order valence-corrected chi connectivity index (χ3v) is 2.83. The minimum absolute atomic E-state index is 0.132. The summed E-state index contributed by atoms with van der Waals surface area (Å²) in [6.07, 6.45) is 0.822. The average molecular weight is 145 g/mol. The summed E-state index contributed by atoms with van der Waals surface area (Å²) in [4.78, 5) is 2.05. The first-order valence-electron chi connectivity index (χ1n) is 3.77. The van der Waals surface area contributed by atoms with E-state index < -0.39 is 6.17 Å². The van der Waals surface area contributed by atoms with E-state index >= 15 is 0 Å². The van der Waals surface area contributed by atoms with E-state index in [0.717, 1.165) is 13.0 Å². The topological polar surface area (TPSA) is 23.5 Å². The number of halogens is 1. The van der Waals surface area contributed by atoms with Crippen LogP contribution in [0.2, 0.25) is 0 Å². The number of aliphatic hydroxyl groups excluding tert-OH is 1. The third kappa shape index (κ3) is 0.648. The molecule has 0 spiro atoms. The molecular formula is C7H12FNO. The van der Waals surface area contributed by atoms with Crippen molar-refractivity contribution < 1.29 is 9.50 Å². The minimum Gasteiger partial charge on any atom is -0.394 e. The Balaban J connectivity index is 2.10. The van der Waals surface area contributed by atoms with E-state index in [0.29, 0.717) is 13.0 Å². The van der Waals surface area contributed by atoms with Crippen LogP contribution in [0, 0.1) is 0 Å². The van der Waals surface area contributed by atoms with Crippen molar-refractivity contribution in [3.63, 3.8) is 0 Å². The Morgan fingerprint density at radius 1 is 1.70 bits per heavy atom. The highest BCUT2D eigenvalue weighted by molar-refractivity contribution is 5.06. The standard InChI is InChI=1S/C7H12FNO/c8-6-3-7(5-10)1-2-9(7)4-6/h6,10H,1-5H2/t6-,7?/m1/s1. The SMILES string of the molecule is OCC12CCN1C[C@H](F)C2. The highest BCUT2D eigenvalue weighted by Crippen LogP contribution is 2.40. The Morgan fingerprint density at radius 2 is 2.50 bits per heavy atom. The van der Waals surface area contributed by atoms with E-state index in [2.05, 4.69) is 4.90 Å². The van der Waals surface area contributed by atoms with E-state index in [4.69, 9.17) is 5.11 Å². The van der Waals surface area contributed by atoms with Crippen molar-refractivity contribution in [1.82, 2.24) is 4.90 Å². The van der Waals surface area contributed by atoms with Gasteiger partial charge < -0.3 is 5.11 Å². The molecule has 1 unspecified atom stereocenters. The van der Waals surface area contributed by atoms with Gasteiger partial charge in [0.1, 0.15) is 6.17 Å². The molecule has 2 rings (SSSR count). The molecule has 3 heteroatoms. The first-order chi connectivity index (χ1) is 4.77. The molecule has 0 amide bonds. The van der Waals surface area contributed by atoms with Gasteiger partial charge in [0.05, 0.1) is 6.61 Å². The van der Waals surface area contributed by atoms with Crippen LogP contribution < -0.4 is 0 Å². The summed E-state index contributed by atoms with van der Waals surface area (Å²) in [5, 5.41) is 8.96. The number of alkyl halides is 1. The Labute approximate surface area is 59.6 Å². The van der Waals surface area contributed by atoms with Crippen molar-refractivity contribution in [2.24, 2.45) is 0 Å². The lowest BCUT2D eigenvalue weighted by Crippen LogP contribution is -2.57. The largest absolute Gasteiger partial charge is 0.394 e. The molecule has 2 aliphatic rings. The van der Waals surface area contributed by atoms with Crippen LogP contribution in [0.3, 0.4) is 0 Å². The normalized spacial score (nSPS) is 46.8. The lowest BCUT2D eigenvalue weighted by atomic mass is 9.86. The Bertz CT molecular complexity index is 149. The molecule has 0 radical (unpaired) electrons. The van der Waals surface area contributed by atoms with Gasteiger partial charge in [0.15, 0.2) is 0 Å². The maximum atomic E-state index is 12.7. The zero-order valence-corrected chi connectivity index (χ0v) is 5.89. The van der Waals surface area contributed by atoms with E-state index in [9.17, 15) is 4.39 Å². The van der Waals surface area contributed by atoms with Crippen LogP contribution in [0.25, 0.3) is 0 Å². The maximum Gasteiger partial charge on any atom is 0.115 e. The van der Waals surface area contributed by atoms with Gasteiger partial charge >= 0.3 is 0 Å². The number of nitrogens with zero attached hydrogens (tertiary/aromatic N) is 1. The van der Waals surface area contributed by atoms with Crippen molar-refractivity contribution >= 4 is 0 Å². The second kappa shape index (κ2) is 1.92. The molecule has 2 heterocycles. The Kier molecular flexibility index (Phi) is 1.26. The van der Waals surface area contributed by atoms with Crippen molar-refractivity contribution in [2.75, 3.05) is 19.7 Å². The molecule has 0 bridgehead atoms. The minimum atomic E-state index is -0.699. The van der Waals surface area contributed by atoms with Gasteiger partial charge in [-0.3, -0.25) is 4.90 Å². The predicted octanol–water partition coefficient (Wildman–Crippen LogP) is 0.165. The molecule has 2 saturated heterocycles. The first-order valence-corrected chi connectivity index (χ1v) is 3.77. The molecular weight excluding hydrogens is 133 g/mol. The molecule has 0 aromatic heterocycles. The summed E-state index contributed by atoms with van der Waals surface area (Å²) in [7, 11) is 0. The highest BCUT2D eigenvalue weighted by atomic mass is 19.1. The average Bonchev–Trinajstić information content (AvgIpc) is 2.11. The summed E-state index contributed by atoms with van der Waals surface area (Å²) in [5.41, 5.74) is -0.139. The number of hydrogen-bond donors (Lipinski definition) is 1. The lowest BCUT2D eigenvalue weighted by Gasteiger charge is -2.46. The molecule has 2 nitrogen and oxygen atoms in total. The van der Waals surface area contributed by atoms with Crippen LogP contribution in [0.4, 0.5) is 4.39 Å². The molecule has 0 aromatic carbocycles. The molecule has 2 atom stereocenters. The van der Waals surface area contributed by atoms with E-state index in [1.54, 1.807) is 0 Å². The van der Waals surface area contributed by atoms with Gasteiger partial charge in [0.2, 0.25) is 0 Å². The zero-order valence-electron chi connectivity index (χ0n) is 5.89. The summed E-state index contributed by atoms with van der Waals surface area (Å²) in [6.45, 7) is 1.65. The van der Waals surface area contributed by atoms with Crippen molar-refractivity contribution in [3.05, 3.63) is 0 Å². The summed E-state index contributed by atoms with van der Waals surface area (Å²) in [5.74, 6) is 0. The van der Waals surface area contributed by atoms with Crippen LogP contribution in [0.15, 0.2) is 0 Å². The van der Waals surface area contributed by atoms with E-state index in [-0.39, 0.29) is 12.1 Å². The summed E-state index contributed by atoms with van der Waals surface area (Å²) >= 11 is 0. The van der Waals surface area contributed by atoms with E-state index in [1.807, 2.05) is 0 Å². The molecule has 10 heavy (non-hydrogen) atoms. The quantitative estimate of drug-likeness (QED) is 0.568. The molecule has 1 N–H and O–H groups in total. The first kappa shape index (κ1) is 6.55. The fourth-order valence-corrected chi connectivity index (χ4v) is 2.06. The van der Waals surface area contributed by atoms with Gasteiger partial charge in [-0.2, -0.15) is 0 Å². The van der Waals surface area contributed by atoms with Gasteiger partial charge in [-0.05, 0) is 6.42 Å². The molecule has 2 aliphatic heterocycles. The third-order valence-electron chi connectivity index (χ3n) is 2.83. The number of hydrogen-bond acceptors (Lipinski definition) is 2. The lowest BCUT2D eigenvalue weighted by molar-refractivity contribution is -0.0190. The van der Waals surface area contributed by atoms with Gasteiger partial charge in [-0.25, -0.2) is 4.39 Å². The fourth-order valence-electron chi connectivity index (χ4n) is 2.06. The van der Waals surface area contributed by atoms with Crippen molar-refractivity contribution in [3.8, 4) is 0 Å². The molecule has 0 saturated carbocycles. The number of aliphatic hydroxyl groups is 1. The monoisotopic (exact) mass is 145 g/mol. The molecule has 0 aromatic rings. The molecule has 0 aliphatic carbocycles. The van der Waals surface area contributed by atoms with Crippen LogP contribution in [-0.2, 0) is 0 Å². The highest BCUT2D eigenvalue weighted by Gasteiger charge is 2.51. The van der Waals surface area contributed by atoms with Crippen LogP contribution in [0.5, 0.6) is 0 Å². The van der Waals surface area contributed by atoms with Gasteiger partial charge in [0, 0.05) is 25.0 Å². The maximum absolute atomic E-state index is 12.7. The fraction of sp³-hybridized carbons (Fsp3) is 1.00. The number of rotatable bonds is 1.